The van der Waals surface area contributed by atoms with Gasteiger partial charge in [0.05, 0.1) is 33.5 Å². The van der Waals surface area contributed by atoms with Crippen molar-refractivity contribution in [1.82, 2.24) is 4.57 Å². The van der Waals surface area contributed by atoms with E-state index in [9.17, 15) is 25.2 Å². The minimum atomic E-state index is -1.19. The molecule has 0 amide bonds. The maximum absolute atomic E-state index is 12.9. The van der Waals surface area contributed by atoms with E-state index < -0.39 is 17.3 Å². The Morgan fingerprint density at radius 2 is 1.92 bits per heavy atom. The average molecular weight is 341 g/mol. The molecule has 25 heavy (non-hydrogen) atoms. The van der Waals surface area contributed by atoms with Crippen molar-refractivity contribution < 1.29 is 20.4 Å². The summed E-state index contributed by atoms with van der Waals surface area (Å²) in [6.45, 7) is 5.42. The zero-order chi connectivity index (χ0) is 18.5. The molecule has 0 saturated carbocycles. The van der Waals surface area contributed by atoms with Crippen LogP contribution in [0.1, 0.15) is 25.0 Å². The number of para-hydroxylation sites is 1. The maximum Gasteiger partial charge on any atom is 0.201 e. The number of aryl methyl sites for hydroxylation is 1. The van der Waals surface area contributed by atoms with Crippen molar-refractivity contribution in [2.45, 2.75) is 19.4 Å². The first kappa shape index (κ1) is 16.9. The van der Waals surface area contributed by atoms with Crippen LogP contribution in [0.5, 0.6) is 17.2 Å². The van der Waals surface area contributed by atoms with Gasteiger partial charge in [-0.2, -0.15) is 0 Å². The Bertz CT molecular complexity index is 1080. The third-order valence-corrected chi connectivity index (χ3v) is 4.36. The SMILES string of the molecule is C=C(C)CC(O)c1c(O)cc2c(c1O)c(=O)c1cccc(O)c1n2C. The van der Waals surface area contributed by atoms with Crippen molar-refractivity contribution in [2.24, 2.45) is 7.05 Å². The molecule has 0 radical (unpaired) electrons. The van der Waals surface area contributed by atoms with E-state index in [1.807, 2.05) is 0 Å². The van der Waals surface area contributed by atoms with Crippen LogP contribution < -0.4 is 5.43 Å². The number of aromatic hydroxyl groups is 3. The predicted molar refractivity (Wildman–Crippen MR) is 96.1 cm³/mol. The molecule has 3 rings (SSSR count). The molecule has 3 aromatic rings. The van der Waals surface area contributed by atoms with E-state index in [0.717, 1.165) is 0 Å². The van der Waals surface area contributed by atoms with Crippen LogP contribution in [0.15, 0.2) is 41.2 Å². The van der Waals surface area contributed by atoms with Crippen molar-refractivity contribution in [1.29, 1.82) is 0 Å². The zero-order valence-electron chi connectivity index (χ0n) is 13.9. The molecular weight excluding hydrogens is 322 g/mol. The standard InChI is InChI=1S/C19H19NO5/c1-9(2)7-13(22)16-14(23)8-11-15(19(16)25)18(24)10-5-4-6-12(21)17(10)20(11)3/h4-6,8,13,21-23,25H,1,7H2,2-3H3. The minimum Gasteiger partial charge on any atom is -0.507 e. The first-order chi connectivity index (χ1) is 11.7. The van der Waals surface area contributed by atoms with E-state index in [4.69, 9.17) is 0 Å². The summed E-state index contributed by atoms with van der Waals surface area (Å²) in [7, 11) is 1.62. The first-order valence-corrected chi connectivity index (χ1v) is 7.75. The van der Waals surface area contributed by atoms with E-state index in [-0.39, 0.29) is 39.8 Å². The first-order valence-electron chi connectivity index (χ1n) is 7.75. The molecule has 0 fully saturated rings. The monoisotopic (exact) mass is 341 g/mol. The van der Waals surface area contributed by atoms with Crippen LogP contribution in [-0.2, 0) is 7.05 Å². The van der Waals surface area contributed by atoms with Gasteiger partial charge >= 0.3 is 0 Å². The fourth-order valence-corrected chi connectivity index (χ4v) is 3.23. The van der Waals surface area contributed by atoms with E-state index in [2.05, 4.69) is 6.58 Å². The second-order valence-electron chi connectivity index (χ2n) is 6.29. The molecule has 1 unspecified atom stereocenters. The summed E-state index contributed by atoms with van der Waals surface area (Å²) in [4.78, 5) is 12.9. The Labute approximate surface area is 143 Å². The quantitative estimate of drug-likeness (QED) is 0.433. The van der Waals surface area contributed by atoms with Crippen molar-refractivity contribution in [3.05, 3.63) is 52.2 Å². The number of nitrogens with zero attached hydrogens (tertiary/aromatic N) is 1. The normalized spacial score (nSPS) is 12.6. The lowest BCUT2D eigenvalue weighted by Gasteiger charge is -2.18. The van der Waals surface area contributed by atoms with Crippen LogP contribution in [0.3, 0.4) is 0 Å². The molecule has 0 aliphatic heterocycles. The number of aliphatic hydroxyl groups is 1. The van der Waals surface area contributed by atoms with Gasteiger partial charge in [0.15, 0.2) is 0 Å². The number of phenolic OH excluding ortho intramolecular Hbond substituents is 3. The van der Waals surface area contributed by atoms with E-state index >= 15 is 0 Å². The van der Waals surface area contributed by atoms with Crippen molar-refractivity contribution in [2.75, 3.05) is 0 Å². The Balaban J connectivity index is 2.48. The number of pyridine rings is 1. The summed E-state index contributed by atoms with van der Waals surface area (Å²) < 4.78 is 1.52. The molecule has 6 heteroatoms. The van der Waals surface area contributed by atoms with Gasteiger partial charge in [-0.05, 0) is 25.5 Å². The smallest absolute Gasteiger partial charge is 0.201 e. The lowest BCUT2D eigenvalue weighted by molar-refractivity contribution is 0.171. The Kier molecular flexibility index (Phi) is 3.93. The number of aromatic nitrogens is 1. The maximum atomic E-state index is 12.9. The molecule has 0 bridgehead atoms. The fourth-order valence-electron chi connectivity index (χ4n) is 3.23. The predicted octanol–water partition coefficient (Wildman–Crippen LogP) is 2.81. The highest BCUT2D eigenvalue weighted by atomic mass is 16.3. The third kappa shape index (κ3) is 2.51. The molecule has 1 atom stereocenters. The molecule has 6 nitrogen and oxygen atoms in total. The molecular formula is C19H19NO5. The molecule has 2 aromatic carbocycles. The Morgan fingerprint density at radius 3 is 2.56 bits per heavy atom. The van der Waals surface area contributed by atoms with Crippen LogP contribution in [0, 0.1) is 0 Å². The second kappa shape index (κ2) is 5.82. The fraction of sp³-hybridized carbons (Fsp3) is 0.211. The Morgan fingerprint density at radius 1 is 1.24 bits per heavy atom. The second-order valence-corrected chi connectivity index (χ2v) is 6.29. The van der Waals surface area contributed by atoms with Gasteiger partial charge in [-0.25, -0.2) is 0 Å². The molecule has 1 aromatic heterocycles. The van der Waals surface area contributed by atoms with Crippen molar-refractivity contribution in [3.63, 3.8) is 0 Å². The summed E-state index contributed by atoms with van der Waals surface area (Å²) in [6, 6.07) is 5.85. The number of rotatable bonds is 3. The highest BCUT2D eigenvalue weighted by Crippen LogP contribution is 2.41. The molecule has 130 valence electrons. The van der Waals surface area contributed by atoms with Crippen LogP contribution >= 0.6 is 0 Å². The molecule has 0 saturated heterocycles. The van der Waals surface area contributed by atoms with Crippen LogP contribution in [0.2, 0.25) is 0 Å². The number of hydrogen-bond donors (Lipinski definition) is 4. The van der Waals surface area contributed by atoms with Gasteiger partial charge in [-0.1, -0.05) is 11.6 Å². The van der Waals surface area contributed by atoms with Gasteiger partial charge in [0, 0.05) is 13.1 Å². The Hall–Kier alpha value is -2.99. The van der Waals surface area contributed by atoms with E-state index in [0.29, 0.717) is 11.1 Å². The van der Waals surface area contributed by atoms with Gasteiger partial charge in [-0.3, -0.25) is 4.79 Å². The lowest BCUT2D eigenvalue weighted by Crippen LogP contribution is -2.11. The van der Waals surface area contributed by atoms with Crippen LogP contribution in [-0.4, -0.2) is 25.0 Å². The lowest BCUT2D eigenvalue weighted by atomic mass is 9.97. The summed E-state index contributed by atoms with van der Waals surface area (Å²) in [5, 5.41) is 41.5. The molecule has 0 aliphatic rings. The summed E-state index contributed by atoms with van der Waals surface area (Å²) >= 11 is 0. The van der Waals surface area contributed by atoms with Crippen LogP contribution in [0.25, 0.3) is 21.8 Å². The van der Waals surface area contributed by atoms with E-state index in [1.165, 1.54) is 16.7 Å². The number of aliphatic hydroxyl groups excluding tert-OH is 1. The summed E-state index contributed by atoms with van der Waals surface area (Å²) in [5.74, 6) is -0.873. The average Bonchev–Trinajstić information content (AvgIpc) is 2.51. The summed E-state index contributed by atoms with van der Waals surface area (Å²) in [5.41, 5.74) is 0.629. The topological polar surface area (TPSA) is 103 Å². The summed E-state index contributed by atoms with van der Waals surface area (Å²) in [6.07, 6.45) is -1.05. The molecule has 0 aliphatic carbocycles. The number of fused-ring (bicyclic) bond motifs is 2. The van der Waals surface area contributed by atoms with Crippen LogP contribution in [0.4, 0.5) is 0 Å². The number of phenols is 3. The van der Waals surface area contributed by atoms with Gasteiger partial charge in [0.1, 0.15) is 17.2 Å². The van der Waals surface area contributed by atoms with Crippen molar-refractivity contribution in [3.8, 4) is 17.2 Å². The third-order valence-electron chi connectivity index (χ3n) is 4.36. The number of hydrogen-bond acceptors (Lipinski definition) is 5. The van der Waals surface area contributed by atoms with Gasteiger partial charge in [-0.15, -0.1) is 6.58 Å². The molecule has 4 N–H and O–H groups in total. The van der Waals surface area contributed by atoms with Gasteiger partial charge in [0.25, 0.3) is 0 Å². The largest absolute Gasteiger partial charge is 0.507 e. The number of benzene rings is 2. The van der Waals surface area contributed by atoms with Gasteiger partial charge < -0.3 is 25.0 Å². The minimum absolute atomic E-state index is 0.0193. The van der Waals surface area contributed by atoms with Crippen molar-refractivity contribution >= 4 is 21.8 Å². The highest BCUT2D eigenvalue weighted by Gasteiger charge is 2.24. The molecule has 0 spiro atoms. The highest BCUT2D eigenvalue weighted by molar-refractivity contribution is 5.99. The zero-order valence-corrected chi connectivity index (χ0v) is 13.9. The van der Waals surface area contributed by atoms with Gasteiger partial charge in [0.2, 0.25) is 5.43 Å². The molecule has 1 heterocycles. The van der Waals surface area contributed by atoms with E-state index in [1.54, 1.807) is 26.1 Å².